The lowest BCUT2D eigenvalue weighted by Gasteiger charge is -2.36. The van der Waals surface area contributed by atoms with Gasteiger partial charge in [0.2, 0.25) is 0 Å². The second-order valence-electron chi connectivity index (χ2n) is 4.56. The van der Waals surface area contributed by atoms with Gasteiger partial charge in [-0.2, -0.15) is 5.26 Å². The largest absolute Gasteiger partial charge is 0.366 e. The predicted molar refractivity (Wildman–Crippen MR) is 77.8 cm³/mol. The van der Waals surface area contributed by atoms with Crippen molar-refractivity contribution in [3.05, 3.63) is 28.2 Å². The zero-order valence-corrected chi connectivity index (χ0v) is 12.2. The summed E-state index contributed by atoms with van der Waals surface area (Å²) in [6, 6.07) is 8.74. The topological polar surface area (TPSA) is 39.1 Å². The minimum absolute atomic E-state index is 0.497. The van der Waals surface area contributed by atoms with Crippen molar-refractivity contribution in [3.8, 4) is 6.07 Å². The molecule has 0 aliphatic carbocycles. The van der Waals surface area contributed by atoms with Crippen LogP contribution >= 0.6 is 15.9 Å². The lowest BCUT2D eigenvalue weighted by molar-refractivity contribution is 0.435. The van der Waals surface area contributed by atoms with Crippen molar-refractivity contribution < 1.29 is 0 Å². The fourth-order valence-corrected chi connectivity index (χ4v) is 2.93. The summed E-state index contributed by atoms with van der Waals surface area (Å²) in [5, 5.41) is 12.7. The van der Waals surface area contributed by atoms with Crippen LogP contribution in [0.15, 0.2) is 22.7 Å². The van der Waals surface area contributed by atoms with E-state index in [9.17, 15) is 5.26 Å². The molecule has 0 saturated carbocycles. The molecule has 0 spiro atoms. The highest BCUT2D eigenvalue weighted by Gasteiger charge is 2.21. The Morgan fingerprint density at radius 1 is 1.56 bits per heavy atom. The lowest BCUT2D eigenvalue weighted by Crippen LogP contribution is -2.46. The van der Waals surface area contributed by atoms with Crippen LogP contribution in [0.2, 0.25) is 0 Å². The van der Waals surface area contributed by atoms with Crippen LogP contribution < -0.4 is 10.2 Å². The highest BCUT2D eigenvalue weighted by atomic mass is 79.9. The Hall–Kier alpha value is -1.05. The maximum atomic E-state index is 9.27. The van der Waals surface area contributed by atoms with E-state index in [4.69, 9.17) is 0 Å². The van der Waals surface area contributed by atoms with Gasteiger partial charge in [0.15, 0.2) is 0 Å². The zero-order chi connectivity index (χ0) is 13.0. The summed E-state index contributed by atoms with van der Waals surface area (Å²) in [5.41, 5.74) is 1.80. The van der Waals surface area contributed by atoms with Gasteiger partial charge in [0.05, 0.1) is 11.3 Å². The van der Waals surface area contributed by atoms with Gasteiger partial charge in [-0.3, -0.25) is 0 Å². The standard InChI is InChI=1S/C14H18BrN3/c1-2-18(13-4-3-7-17-10-13)14-6-5-12(15)8-11(14)9-16/h5-6,8,13,17H,2-4,7,10H2,1H3. The van der Waals surface area contributed by atoms with Gasteiger partial charge in [0, 0.05) is 23.6 Å². The summed E-state index contributed by atoms with van der Waals surface area (Å²) >= 11 is 3.42. The normalized spacial score (nSPS) is 19.3. The number of rotatable bonds is 3. The molecular formula is C14H18BrN3. The smallest absolute Gasteiger partial charge is 0.101 e. The number of nitriles is 1. The summed E-state index contributed by atoms with van der Waals surface area (Å²) in [6.07, 6.45) is 2.40. The second-order valence-corrected chi connectivity index (χ2v) is 5.48. The van der Waals surface area contributed by atoms with Crippen molar-refractivity contribution in [3.63, 3.8) is 0 Å². The van der Waals surface area contributed by atoms with E-state index in [0.29, 0.717) is 6.04 Å². The van der Waals surface area contributed by atoms with E-state index in [-0.39, 0.29) is 0 Å². The third kappa shape index (κ3) is 2.85. The molecule has 4 heteroatoms. The summed E-state index contributed by atoms with van der Waals surface area (Å²) in [7, 11) is 0. The molecule has 1 unspecified atom stereocenters. The van der Waals surface area contributed by atoms with Crippen LogP contribution in [0.4, 0.5) is 5.69 Å². The summed E-state index contributed by atoms with van der Waals surface area (Å²) in [4.78, 5) is 2.34. The number of nitrogens with one attached hydrogen (secondary N) is 1. The molecule has 1 saturated heterocycles. The number of anilines is 1. The average molecular weight is 308 g/mol. The first-order valence-electron chi connectivity index (χ1n) is 6.43. The second kappa shape index (κ2) is 6.21. The molecule has 1 N–H and O–H groups in total. The minimum atomic E-state index is 0.497. The van der Waals surface area contributed by atoms with Crippen LogP contribution in [0, 0.1) is 11.3 Å². The first-order valence-corrected chi connectivity index (χ1v) is 7.22. The summed E-state index contributed by atoms with van der Waals surface area (Å²) in [6.45, 7) is 5.20. The van der Waals surface area contributed by atoms with Gasteiger partial charge in [-0.1, -0.05) is 15.9 Å². The number of hydrogen-bond donors (Lipinski definition) is 1. The van der Waals surface area contributed by atoms with Crippen molar-refractivity contribution in [1.29, 1.82) is 5.26 Å². The first kappa shape index (κ1) is 13.4. The Labute approximate surface area is 117 Å². The fraction of sp³-hybridized carbons (Fsp3) is 0.500. The third-order valence-electron chi connectivity index (χ3n) is 3.44. The van der Waals surface area contributed by atoms with E-state index in [1.165, 1.54) is 12.8 Å². The lowest BCUT2D eigenvalue weighted by atomic mass is 10.0. The Bertz CT molecular complexity index is 447. The number of benzene rings is 1. The van der Waals surface area contributed by atoms with Gasteiger partial charge in [0.1, 0.15) is 6.07 Å². The summed E-state index contributed by atoms with van der Waals surface area (Å²) in [5.74, 6) is 0. The molecule has 96 valence electrons. The van der Waals surface area contributed by atoms with Crippen molar-refractivity contribution in [2.75, 3.05) is 24.5 Å². The number of likely N-dealkylation sites (N-methyl/N-ethyl adjacent to an activating group) is 1. The van der Waals surface area contributed by atoms with E-state index in [2.05, 4.69) is 39.1 Å². The van der Waals surface area contributed by atoms with Crippen molar-refractivity contribution >= 4 is 21.6 Å². The summed E-state index contributed by atoms with van der Waals surface area (Å²) < 4.78 is 0.959. The Kier molecular flexibility index (Phi) is 4.62. The van der Waals surface area contributed by atoms with Crippen LogP contribution in [0.5, 0.6) is 0 Å². The molecule has 1 aromatic carbocycles. The molecule has 1 aromatic rings. The van der Waals surface area contributed by atoms with Gasteiger partial charge in [-0.05, 0) is 44.5 Å². The molecule has 1 heterocycles. The Morgan fingerprint density at radius 2 is 2.39 bits per heavy atom. The molecule has 18 heavy (non-hydrogen) atoms. The number of piperidine rings is 1. The van der Waals surface area contributed by atoms with Crippen LogP contribution in [-0.2, 0) is 0 Å². The van der Waals surface area contributed by atoms with Gasteiger partial charge in [-0.25, -0.2) is 0 Å². The Balaban J connectivity index is 2.29. The molecule has 1 atom stereocenters. The van der Waals surface area contributed by atoms with Crippen molar-refractivity contribution in [2.45, 2.75) is 25.8 Å². The molecule has 0 amide bonds. The monoisotopic (exact) mass is 307 g/mol. The van der Waals surface area contributed by atoms with E-state index in [0.717, 1.165) is 35.4 Å². The third-order valence-corrected chi connectivity index (χ3v) is 3.93. The molecule has 2 rings (SSSR count). The molecular weight excluding hydrogens is 290 g/mol. The van der Waals surface area contributed by atoms with Gasteiger partial charge in [-0.15, -0.1) is 0 Å². The molecule has 3 nitrogen and oxygen atoms in total. The number of halogens is 1. The van der Waals surface area contributed by atoms with Crippen LogP contribution in [0.3, 0.4) is 0 Å². The zero-order valence-electron chi connectivity index (χ0n) is 10.6. The highest BCUT2D eigenvalue weighted by molar-refractivity contribution is 9.10. The van der Waals surface area contributed by atoms with Gasteiger partial charge < -0.3 is 10.2 Å². The highest BCUT2D eigenvalue weighted by Crippen LogP contribution is 2.27. The van der Waals surface area contributed by atoms with Crippen LogP contribution in [0.25, 0.3) is 0 Å². The molecule has 0 aromatic heterocycles. The SMILES string of the molecule is CCN(c1ccc(Br)cc1C#N)C1CCCNC1. The van der Waals surface area contributed by atoms with E-state index >= 15 is 0 Å². The van der Waals surface area contributed by atoms with Gasteiger partial charge >= 0.3 is 0 Å². The maximum absolute atomic E-state index is 9.27. The fourth-order valence-electron chi connectivity index (χ4n) is 2.57. The molecule has 0 radical (unpaired) electrons. The average Bonchev–Trinajstić information content (AvgIpc) is 2.42. The molecule has 1 fully saturated rings. The van der Waals surface area contributed by atoms with E-state index < -0.39 is 0 Å². The van der Waals surface area contributed by atoms with Crippen molar-refractivity contribution in [2.24, 2.45) is 0 Å². The van der Waals surface area contributed by atoms with Gasteiger partial charge in [0.25, 0.3) is 0 Å². The maximum Gasteiger partial charge on any atom is 0.101 e. The van der Waals surface area contributed by atoms with E-state index in [1.807, 2.05) is 18.2 Å². The number of nitrogens with zero attached hydrogens (tertiary/aromatic N) is 2. The predicted octanol–water partition coefficient (Wildman–Crippen LogP) is 2.90. The van der Waals surface area contributed by atoms with Crippen LogP contribution in [0.1, 0.15) is 25.3 Å². The number of hydrogen-bond acceptors (Lipinski definition) is 3. The minimum Gasteiger partial charge on any atom is -0.366 e. The van der Waals surface area contributed by atoms with Crippen molar-refractivity contribution in [1.82, 2.24) is 5.32 Å². The Morgan fingerprint density at radius 3 is 3.00 bits per heavy atom. The molecule has 1 aliphatic rings. The van der Waals surface area contributed by atoms with E-state index in [1.54, 1.807) is 0 Å². The molecule has 1 aliphatic heterocycles. The van der Waals surface area contributed by atoms with Crippen LogP contribution in [-0.4, -0.2) is 25.7 Å². The first-order chi connectivity index (χ1) is 8.76. The quantitative estimate of drug-likeness (QED) is 0.933. The molecule has 0 bridgehead atoms.